The summed E-state index contributed by atoms with van der Waals surface area (Å²) in [5.41, 5.74) is 2.22. The maximum absolute atomic E-state index is 5.68. The number of ether oxygens (including phenoxy) is 2. The number of benzene rings is 2. The van der Waals surface area contributed by atoms with E-state index in [9.17, 15) is 0 Å². The van der Waals surface area contributed by atoms with E-state index >= 15 is 0 Å². The molecule has 2 aromatic carbocycles. The molecule has 0 saturated carbocycles. The van der Waals surface area contributed by atoms with Gasteiger partial charge in [0.1, 0.15) is 50.5 Å². The average molecular weight is 429 g/mol. The van der Waals surface area contributed by atoms with Crippen molar-refractivity contribution in [3.63, 3.8) is 0 Å². The first kappa shape index (κ1) is 24.3. The minimum Gasteiger partial charge on any atom is -0.491 e. The summed E-state index contributed by atoms with van der Waals surface area (Å²) in [5, 5.41) is 0. The van der Waals surface area contributed by atoms with Crippen LogP contribution in [0.5, 0.6) is 11.5 Å². The third kappa shape index (κ3) is 8.36. The second kappa shape index (κ2) is 13.4. The van der Waals surface area contributed by atoms with Crippen LogP contribution in [0.1, 0.15) is 38.8 Å². The van der Waals surface area contributed by atoms with Crippen LogP contribution in [-0.2, 0) is 25.0 Å². The molecule has 6 nitrogen and oxygen atoms in total. The highest BCUT2D eigenvalue weighted by Gasteiger charge is 2.23. The Morgan fingerprint density at radius 1 is 0.613 bits per heavy atom. The van der Waals surface area contributed by atoms with Crippen LogP contribution in [0.4, 0.5) is 0 Å². The first-order valence-corrected chi connectivity index (χ1v) is 10.3. The number of hydrogen-bond donors (Lipinski definition) is 0. The smallest absolute Gasteiger partial charge is 0.128 e. The molecule has 0 unspecified atom stereocenters. The van der Waals surface area contributed by atoms with Crippen LogP contribution in [0.3, 0.4) is 0 Å². The molecule has 0 aromatic heterocycles. The first-order valence-electron chi connectivity index (χ1n) is 10.3. The maximum atomic E-state index is 5.68. The van der Waals surface area contributed by atoms with Crippen LogP contribution < -0.4 is 9.47 Å². The molecule has 0 bridgehead atoms. The van der Waals surface area contributed by atoms with Gasteiger partial charge in [0.05, 0.1) is 0 Å². The molecule has 0 aliphatic heterocycles. The highest BCUT2D eigenvalue weighted by molar-refractivity contribution is 5.41. The fraction of sp³-hybridized carbons (Fsp3) is 0.360. The van der Waals surface area contributed by atoms with Gasteiger partial charge in [-0.2, -0.15) is 9.78 Å². The quantitative estimate of drug-likeness (QED) is 0.166. The number of rotatable bonds is 14. The van der Waals surface area contributed by atoms with Crippen molar-refractivity contribution < 1.29 is 29.0 Å². The predicted molar refractivity (Wildman–Crippen MR) is 120 cm³/mol. The van der Waals surface area contributed by atoms with Gasteiger partial charge in [0, 0.05) is 5.41 Å². The molecule has 0 atom stereocenters. The van der Waals surface area contributed by atoms with Crippen LogP contribution in [0.25, 0.3) is 0 Å². The second-order valence-corrected chi connectivity index (χ2v) is 7.15. The Hall–Kier alpha value is -2.96. The molecule has 31 heavy (non-hydrogen) atoms. The Bertz CT molecular complexity index is 726. The molecular weight excluding hydrogens is 396 g/mol. The normalized spacial score (nSPS) is 11.7. The third-order valence-corrected chi connectivity index (χ3v) is 4.54. The maximum Gasteiger partial charge on any atom is 0.128 e. The van der Waals surface area contributed by atoms with Crippen LogP contribution >= 0.6 is 0 Å². The minimum absolute atomic E-state index is 0.163. The summed E-state index contributed by atoms with van der Waals surface area (Å²) in [6.07, 6.45) is 6.45. The Morgan fingerprint density at radius 3 is 1.35 bits per heavy atom. The van der Waals surface area contributed by atoms with E-state index in [0.717, 1.165) is 11.5 Å². The summed E-state index contributed by atoms with van der Waals surface area (Å²) in [7, 11) is 0. The van der Waals surface area contributed by atoms with Gasteiger partial charge in [-0.25, -0.2) is 0 Å². The van der Waals surface area contributed by atoms with E-state index in [1.54, 1.807) is 12.2 Å². The van der Waals surface area contributed by atoms with Crippen LogP contribution in [0.15, 0.2) is 73.2 Å². The molecule has 0 amide bonds. The van der Waals surface area contributed by atoms with E-state index in [-0.39, 0.29) is 5.41 Å². The zero-order valence-electron chi connectivity index (χ0n) is 18.7. The summed E-state index contributed by atoms with van der Waals surface area (Å²) in [6, 6.07) is 16.2. The van der Waals surface area contributed by atoms with Gasteiger partial charge in [-0.05, 0) is 61.4 Å². The number of hydrogen-bond acceptors (Lipinski definition) is 6. The fourth-order valence-corrected chi connectivity index (χ4v) is 2.78. The van der Waals surface area contributed by atoms with Crippen LogP contribution in [0.2, 0.25) is 0 Å². The zero-order valence-corrected chi connectivity index (χ0v) is 18.7. The van der Waals surface area contributed by atoms with E-state index in [1.165, 1.54) is 23.7 Å². The zero-order chi connectivity index (χ0) is 22.4. The SMILES string of the molecule is CC=COOCCOc1ccc(C(C)(C)c2ccc(OCCOOC=CC)cc2)cc1. The Labute approximate surface area is 184 Å². The molecule has 2 aromatic rings. The van der Waals surface area contributed by atoms with Gasteiger partial charge < -0.3 is 19.2 Å². The van der Waals surface area contributed by atoms with E-state index < -0.39 is 0 Å². The highest BCUT2D eigenvalue weighted by atomic mass is 17.2. The average Bonchev–Trinajstić information content (AvgIpc) is 2.79. The largest absolute Gasteiger partial charge is 0.491 e. The van der Waals surface area contributed by atoms with Crippen molar-refractivity contribution in [2.75, 3.05) is 26.4 Å². The summed E-state index contributed by atoms with van der Waals surface area (Å²) in [5.74, 6) is 1.58. The van der Waals surface area contributed by atoms with Gasteiger partial charge in [-0.1, -0.05) is 38.1 Å². The number of allylic oxidation sites excluding steroid dienone is 2. The van der Waals surface area contributed by atoms with E-state index in [1.807, 2.05) is 38.1 Å². The lowest BCUT2D eigenvalue weighted by molar-refractivity contribution is -0.251. The van der Waals surface area contributed by atoms with Gasteiger partial charge in [0.25, 0.3) is 0 Å². The molecule has 0 N–H and O–H groups in total. The Morgan fingerprint density at radius 2 is 1.00 bits per heavy atom. The Kier molecular flexibility index (Phi) is 10.5. The van der Waals surface area contributed by atoms with Crippen molar-refractivity contribution in [3.8, 4) is 11.5 Å². The van der Waals surface area contributed by atoms with Crippen LogP contribution in [-0.4, -0.2) is 26.4 Å². The van der Waals surface area contributed by atoms with Crippen molar-refractivity contribution in [2.45, 2.75) is 33.1 Å². The second-order valence-electron chi connectivity index (χ2n) is 7.15. The summed E-state index contributed by atoms with van der Waals surface area (Å²) in [6.45, 7) is 9.61. The topological polar surface area (TPSA) is 55.4 Å². The molecule has 0 fully saturated rings. The molecule has 0 radical (unpaired) electrons. The van der Waals surface area contributed by atoms with Crippen molar-refractivity contribution in [1.29, 1.82) is 0 Å². The fourth-order valence-electron chi connectivity index (χ4n) is 2.78. The lowest BCUT2D eigenvalue weighted by Crippen LogP contribution is -2.18. The van der Waals surface area contributed by atoms with Crippen molar-refractivity contribution in [3.05, 3.63) is 84.3 Å². The van der Waals surface area contributed by atoms with Crippen LogP contribution in [0, 0.1) is 0 Å². The van der Waals surface area contributed by atoms with Gasteiger partial charge >= 0.3 is 0 Å². The molecular formula is C25H32O6. The lowest BCUT2D eigenvalue weighted by atomic mass is 9.78. The summed E-state index contributed by atoms with van der Waals surface area (Å²) in [4.78, 5) is 19.5. The monoisotopic (exact) mass is 428 g/mol. The van der Waals surface area contributed by atoms with Gasteiger partial charge in [-0.15, -0.1) is 0 Å². The van der Waals surface area contributed by atoms with Crippen molar-refractivity contribution in [1.82, 2.24) is 0 Å². The molecule has 0 aliphatic rings. The molecule has 0 spiro atoms. The first-order chi connectivity index (χ1) is 15.1. The van der Waals surface area contributed by atoms with Gasteiger partial charge in [0.15, 0.2) is 0 Å². The summed E-state index contributed by atoms with van der Waals surface area (Å²) < 4.78 is 11.4. The molecule has 2 rings (SSSR count). The van der Waals surface area contributed by atoms with Gasteiger partial charge in [-0.3, -0.25) is 0 Å². The highest BCUT2D eigenvalue weighted by Crippen LogP contribution is 2.33. The lowest BCUT2D eigenvalue weighted by Gasteiger charge is -2.26. The molecule has 0 heterocycles. The third-order valence-electron chi connectivity index (χ3n) is 4.54. The van der Waals surface area contributed by atoms with Crippen molar-refractivity contribution >= 4 is 0 Å². The minimum atomic E-state index is -0.163. The molecule has 0 saturated heterocycles. The predicted octanol–water partition coefficient (Wildman–Crippen LogP) is 5.73. The Balaban J connectivity index is 1.84. The van der Waals surface area contributed by atoms with Gasteiger partial charge in [0.2, 0.25) is 0 Å². The molecule has 168 valence electrons. The molecule has 6 heteroatoms. The van der Waals surface area contributed by atoms with E-state index in [4.69, 9.17) is 29.0 Å². The van der Waals surface area contributed by atoms with E-state index in [2.05, 4.69) is 38.1 Å². The molecule has 0 aliphatic carbocycles. The summed E-state index contributed by atoms with van der Waals surface area (Å²) >= 11 is 0. The van der Waals surface area contributed by atoms with E-state index in [0.29, 0.717) is 26.4 Å². The van der Waals surface area contributed by atoms with Crippen molar-refractivity contribution in [2.24, 2.45) is 0 Å². The standard InChI is InChI=1S/C25H32O6/c1-5-15-28-30-19-17-26-23-11-7-21(8-12-23)25(3,4)22-9-13-24(14-10-22)27-18-20-31-29-16-6-2/h5-16H,17-20H2,1-4H3.